The topological polar surface area (TPSA) is 89.7 Å². The average Bonchev–Trinajstić information content (AvgIpc) is 2.59. The predicted molar refractivity (Wildman–Crippen MR) is 84.9 cm³/mol. The predicted octanol–water partition coefficient (Wildman–Crippen LogP) is 1.11. The minimum atomic E-state index is -0.653. The lowest BCUT2D eigenvalue weighted by atomic mass is 9.96. The number of esters is 1. The van der Waals surface area contributed by atoms with Crippen LogP contribution >= 0.6 is 0 Å². The van der Waals surface area contributed by atoms with E-state index in [4.69, 9.17) is 10.5 Å². The number of primary amides is 1. The molecule has 1 aromatic rings. The van der Waals surface area contributed by atoms with Crippen LogP contribution in [0, 0.1) is 11.7 Å². The van der Waals surface area contributed by atoms with Crippen LogP contribution < -0.4 is 5.73 Å². The molecule has 1 aliphatic rings. The summed E-state index contributed by atoms with van der Waals surface area (Å²) in [6.45, 7) is 0.499. The highest BCUT2D eigenvalue weighted by Crippen LogP contribution is 2.16. The van der Waals surface area contributed by atoms with E-state index >= 15 is 0 Å². The first-order chi connectivity index (χ1) is 11.5. The van der Waals surface area contributed by atoms with Crippen LogP contribution in [0.3, 0.4) is 0 Å². The Balaban J connectivity index is 1.74. The van der Waals surface area contributed by atoms with Crippen molar-refractivity contribution in [2.24, 2.45) is 11.7 Å². The molecule has 1 fully saturated rings. The Hall–Kier alpha value is -2.70. The summed E-state index contributed by atoms with van der Waals surface area (Å²) in [6.07, 6.45) is 3.71. The van der Waals surface area contributed by atoms with Crippen LogP contribution in [0.2, 0.25) is 0 Å². The number of piperidine rings is 1. The van der Waals surface area contributed by atoms with E-state index in [1.54, 1.807) is 4.90 Å². The number of benzene rings is 1. The molecule has 1 aromatic carbocycles. The zero-order chi connectivity index (χ0) is 17.5. The van der Waals surface area contributed by atoms with Crippen molar-refractivity contribution >= 4 is 23.9 Å². The third kappa shape index (κ3) is 5.19. The van der Waals surface area contributed by atoms with Crippen LogP contribution in [0.15, 0.2) is 30.3 Å². The van der Waals surface area contributed by atoms with Crippen molar-refractivity contribution in [1.29, 1.82) is 0 Å². The third-order valence-corrected chi connectivity index (χ3v) is 3.87. The molecule has 1 heterocycles. The van der Waals surface area contributed by atoms with E-state index in [9.17, 15) is 18.8 Å². The number of nitrogens with two attached hydrogens (primary N) is 1. The molecule has 0 unspecified atom stereocenters. The van der Waals surface area contributed by atoms with Gasteiger partial charge < -0.3 is 15.4 Å². The van der Waals surface area contributed by atoms with Gasteiger partial charge in [-0.15, -0.1) is 0 Å². The van der Waals surface area contributed by atoms with Crippen molar-refractivity contribution in [3.63, 3.8) is 0 Å². The first-order valence-corrected chi connectivity index (χ1v) is 7.63. The molecule has 2 amide bonds. The van der Waals surface area contributed by atoms with Gasteiger partial charge in [0.25, 0.3) is 5.91 Å². The monoisotopic (exact) mass is 334 g/mol. The van der Waals surface area contributed by atoms with E-state index in [1.807, 2.05) is 0 Å². The van der Waals surface area contributed by atoms with Crippen LogP contribution in [0.1, 0.15) is 18.4 Å². The molecule has 6 nitrogen and oxygen atoms in total. The Morgan fingerprint density at radius 3 is 2.42 bits per heavy atom. The quantitative estimate of drug-likeness (QED) is 0.645. The maximum Gasteiger partial charge on any atom is 0.331 e. The molecule has 24 heavy (non-hydrogen) atoms. The lowest BCUT2D eigenvalue weighted by Gasteiger charge is -2.30. The molecule has 0 radical (unpaired) electrons. The van der Waals surface area contributed by atoms with E-state index in [0.717, 1.165) is 0 Å². The first kappa shape index (κ1) is 17.7. The van der Waals surface area contributed by atoms with Gasteiger partial charge in [0.15, 0.2) is 6.61 Å². The molecular formula is C17H19FN2O4. The summed E-state index contributed by atoms with van der Waals surface area (Å²) in [4.78, 5) is 36.2. The Labute approximate surface area is 139 Å². The van der Waals surface area contributed by atoms with Crippen LogP contribution in [0.25, 0.3) is 6.08 Å². The zero-order valence-corrected chi connectivity index (χ0v) is 13.1. The third-order valence-electron chi connectivity index (χ3n) is 3.87. The molecule has 1 aliphatic heterocycles. The van der Waals surface area contributed by atoms with Crippen LogP contribution in [-0.2, 0) is 19.1 Å². The fourth-order valence-electron chi connectivity index (χ4n) is 2.42. The average molecular weight is 334 g/mol. The number of hydrogen-bond donors (Lipinski definition) is 1. The van der Waals surface area contributed by atoms with E-state index in [0.29, 0.717) is 31.5 Å². The van der Waals surface area contributed by atoms with E-state index in [2.05, 4.69) is 0 Å². The summed E-state index contributed by atoms with van der Waals surface area (Å²) >= 11 is 0. The molecule has 0 saturated carbocycles. The molecule has 0 aliphatic carbocycles. The number of nitrogens with zero attached hydrogens (tertiary/aromatic N) is 1. The Morgan fingerprint density at radius 2 is 1.83 bits per heavy atom. The van der Waals surface area contributed by atoms with Gasteiger partial charge in [-0.3, -0.25) is 9.59 Å². The lowest BCUT2D eigenvalue weighted by molar-refractivity contribution is -0.149. The number of carbonyl (C=O) groups excluding carboxylic acids is 3. The van der Waals surface area contributed by atoms with Crippen LogP contribution in [0.4, 0.5) is 4.39 Å². The van der Waals surface area contributed by atoms with Crippen molar-refractivity contribution < 1.29 is 23.5 Å². The number of carbonyl (C=O) groups is 3. The molecule has 128 valence electrons. The molecule has 2 N–H and O–H groups in total. The van der Waals surface area contributed by atoms with Gasteiger partial charge in [-0.1, -0.05) is 12.1 Å². The SMILES string of the molecule is NC(=O)C1CCN(C(=O)COC(=O)C=Cc2ccc(F)cc2)CC1. The summed E-state index contributed by atoms with van der Waals surface area (Å²) < 4.78 is 17.7. The fourth-order valence-corrected chi connectivity index (χ4v) is 2.42. The second-order valence-electron chi connectivity index (χ2n) is 5.55. The van der Waals surface area contributed by atoms with Crippen molar-refractivity contribution in [3.05, 3.63) is 41.7 Å². The summed E-state index contributed by atoms with van der Waals surface area (Å²) in [5.41, 5.74) is 5.88. The summed E-state index contributed by atoms with van der Waals surface area (Å²) in [6, 6.07) is 5.61. The van der Waals surface area contributed by atoms with Crippen molar-refractivity contribution in [1.82, 2.24) is 4.90 Å². The maximum atomic E-state index is 12.8. The smallest absolute Gasteiger partial charge is 0.331 e. The normalized spacial score (nSPS) is 15.5. The Morgan fingerprint density at radius 1 is 1.21 bits per heavy atom. The molecule has 1 saturated heterocycles. The number of hydrogen-bond acceptors (Lipinski definition) is 4. The highest BCUT2D eigenvalue weighted by molar-refractivity contribution is 5.89. The van der Waals surface area contributed by atoms with Crippen molar-refractivity contribution in [2.75, 3.05) is 19.7 Å². The standard InChI is InChI=1S/C17H19FN2O4/c18-14-4-1-12(2-5-14)3-6-16(22)24-11-15(21)20-9-7-13(8-10-20)17(19)23/h1-6,13H,7-11H2,(H2,19,23). The second kappa shape index (κ2) is 8.24. The number of ether oxygens (including phenoxy) is 1. The van der Waals surface area contributed by atoms with Gasteiger partial charge in [0.1, 0.15) is 5.82 Å². The Bertz CT molecular complexity index is 634. The van der Waals surface area contributed by atoms with Gasteiger partial charge in [0.2, 0.25) is 5.91 Å². The molecule has 0 atom stereocenters. The Kier molecular flexibility index (Phi) is 6.06. The van der Waals surface area contributed by atoms with Crippen LogP contribution in [0.5, 0.6) is 0 Å². The second-order valence-corrected chi connectivity index (χ2v) is 5.55. The number of likely N-dealkylation sites (tertiary alicyclic amines) is 1. The van der Waals surface area contributed by atoms with Gasteiger partial charge in [0.05, 0.1) is 0 Å². The van der Waals surface area contributed by atoms with E-state index in [-0.39, 0.29) is 30.2 Å². The zero-order valence-electron chi connectivity index (χ0n) is 13.1. The maximum absolute atomic E-state index is 12.8. The van der Waals surface area contributed by atoms with E-state index < -0.39 is 5.97 Å². The number of halogens is 1. The fraction of sp³-hybridized carbons (Fsp3) is 0.353. The highest BCUT2D eigenvalue weighted by Gasteiger charge is 2.26. The first-order valence-electron chi connectivity index (χ1n) is 7.63. The van der Waals surface area contributed by atoms with Gasteiger partial charge in [-0.2, -0.15) is 0 Å². The number of rotatable bonds is 5. The molecule has 7 heteroatoms. The van der Waals surface area contributed by atoms with Gasteiger partial charge in [0, 0.05) is 25.1 Å². The summed E-state index contributed by atoms with van der Waals surface area (Å²) in [5, 5.41) is 0. The minimum Gasteiger partial charge on any atom is -0.452 e. The molecule has 0 aromatic heterocycles. The minimum absolute atomic E-state index is 0.199. The summed E-state index contributed by atoms with van der Waals surface area (Å²) in [5.74, 6) is -1.86. The van der Waals surface area contributed by atoms with Gasteiger partial charge in [-0.05, 0) is 36.6 Å². The molecule has 2 rings (SSSR count). The molecular weight excluding hydrogens is 315 g/mol. The van der Waals surface area contributed by atoms with E-state index in [1.165, 1.54) is 36.4 Å². The van der Waals surface area contributed by atoms with Gasteiger partial charge >= 0.3 is 5.97 Å². The van der Waals surface area contributed by atoms with Crippen LogP contribution in [-0.4, -0.2) is 42.4 Å². The number of amides is 2. The van der Waals surface area contributed by atoms with Crippen molar-refractivity contribution in [3.8, 4) is 0 Å². The van der Waals surface area contributed by atoms with Gasteiger partial charge in [-0.25, -0.2) is 9.18 Å². The largest absolute Gasteiger partial charge is 0.452 e. The van der Waals surface area contributed by atoms with Crippen molar-refractivity contribution in [2.45, 2.75) is 12.8 Å². The molecule has 0 bridgehead atoms. The molecule has 0 spiro atoms. The lowest BCUT2D eigenvalue weighted by Crippen LogP contribution is -2.43. The highest BCUT2D eigenvalue weighted by atomic mass is 19.1. The summed E-state index contributed by atoms with van der Waals surface area (Å²) in [7, 11) is 0.